The summed E-state index contributed by atoms with van der Waals surface area (Å²) in [5.74, 6) is 1.61. The first-order valence-electron chi connectivity index (χ1n) is 24.1. The second-order valence-corrected chi connectivity index (χ2v) is 16.9. The molecule has 0 saturated carbocycles. The molecular weight excluding hydrogens is 689 g/mol. The first kappa shape index (κ1) is 47.8. The van der Waals surface area contributed by atoms with Crippen molar-refractivity contribution < 1.29 is 14.2 Å². The van der Waals surface area contributed by atoms with Crippen molar-refractivity contribution >= 4 is 17.9 Å². The molecular formula is C51H84N2O3. The van der Waals surface area contributed by atoms with E-state index in [1.54, 1.807) is 0 Å². The number of ether oxygens (including phenoxy) is 3. The van der Waals surface area contributed by atoms with E-state index < -0.39 is 0 Å². The predicted molar refractivity (Wildman–Crippen MR) is 239 cm³/mol. The molecule has 1 heterocycles. The average Bonchev–Trinajstić information content (AvgIpc) is 3.20. The van der Waals surface area contributed by atoms with Gasteiger partial charge in [-0.1, -0.05) is 206 Å². The van der Waals surface area contributed by atoms with Crippen molar-refractivity contribution in [3.8, 4) is 6.07 Å². The quantitative estimate of drug-likeness (QED) is 0.0637. The Morgan fingerprint density at radius 3 is 1.46 bits per heavy atom. The highest BCUT2D eigenvalue weighted by Gasteiger charge is 2.30. The molecule has 0 radical (unpaired) electrons. The molecule has 0 bridgehead atoms. The van der Waals surface area contributed by atoms with Gasteiger partial charge in [0.2, 0.25) is 0 Å². The van der Waals surface area contributed by atoms with Crippen LogP contribution >= 0.6 is 0 Å². The van der Waals surface area contributed by atoms with Crippen molar-refractivity contribution in [2.45, 2.75) is 232 Å². The Labute approximate surface area is 344 Å². The van der Waals surface area contributed by atoms with E-state index in [1.165, 1.54) is 173 Å². The van der Waals surface area contributed by atoms with Gasteiger partial charge in [0.15, 0.2) is 11.5 Å². The minimum absolute atomic E-state index is 0.0319. The maximum Gasteiger partial charge on any atom is 0.171 e. The molecule has 2 unspecified atom stereocenters. The fourth-order valence-corrected chi connectivity index (χ4v) is 8.21. The normalized spacial score (nSPS) is 15.9. The number of nitriles is 1. The fraction of sp³-hybridized carbons (Fsp3) is 0.765. The van der Waals surface area contributed by atoms with Gasteiger partial charge in [0.1, 0.15) is 12.2 Å². The summed E-state index contributed by atoms with van der Waals surface area (Å²) in [7, 11) is 0. The van der Waals surface area contributed by atoms with Gasteiger partial charge >= 0.3 is 0 Å². The summed E-state index contributed by atoms with van der Waals surface area (Å²) in [6.07, 6.45) is 45.0. The molecule has 3 rings (SSSR count). The number of rotatable bonds is 36. The van der Waals surface area contributed by atoms with Crippen LogP contribution in [0.5, 0.6) is 0 Å². The molecule has 0 spiro atoms. The highest BCUT2D eigenvalue weighted by Crippen LogP contribution is 2.31. The second-order valence-electron chi connectivity index (χ2n) is 16.9. The van der Waals surface area contributed by atoms with Crippen LogP contribution in [-0.2, 0) is 14.2 Å². The lowest BCUT2D eigenvalue weighted by Crippen LogP contribution is -2.33. The van der Waals surface area contributed by atoms with Crippen LogP contribution in [0, 0.1) is 11.3 Å². The summed E-state index contributed by atoms with van der Waals surface area (Å²) in [5, 5.41) is 12.0. The fourth-order valence-electron chi connectivity index (χ4n) is 8.21. The second kappa shape index (κ2) is 31.4. The maximum absolute atomic E-state index is 10.2. The Hall–Kier alpha value is -2.58. The van der Waals surface area contributed by atoms with Gasteiger partial charge in [-0.25, -0.2) is 0 Å². The van der Waals surface area contributed by atoms with E-state index in [0.29, 0.717) is 25.4 Å². The van der Waals surface area contributed by atoms with E-state index in [1.807, 2.05) is 6.07 Å². The Kier molecular flexibility index (Phi) is 26.8. The number of fused-ring (bicyclic) bond motifs is 3. The zero-order valence-electron chi connectivity index (χ0n) is 36.9. The minimum Gasteiger partial charge on any atom is -0.491 e. The van der Waals surface area contributed by atoms with E-state index in [-0.39, 0.29) is 12.1 Å². The number of unbranched alkanes of at least 4 members (excludes halogenated alkanes) is 27. The smallest absolute Gasteiger partial charge is 0.171 e. The van der Waals surface area contributed by atoms with Gasteiger partial charge in [-0.15, -0.1) is 0 Å². The van der Waals surface area contributed by atoms with Crippen LogP contribution in [0.4, 0.5) is 0 Å². The van der Waals surface area contributed by atoms with Gasteiger partial charge < -0.3 is 14.2 Å². The van der Waals surface area contributed by atoms with Gasteiger partial charge in [-0.3, -0.25) is 4.99 Å². The van der Waals surface area contributed by atoms with E-state index in [2.05, 4.69) is 52.0 Å². The topological polar surface area (TPSA) is 63.8 Å². The van der Waals surface area contributed by atoms with Gasteiger partial charge in [0.25, 0.3) is 0 Å². The van der Waals surface area contributed by atoms with Crippen LogP contribution in [0.3, 0.4) is 0 Å². The molecule has 56 heavy (non-hydrogen) atoms. The third kappa shape index (κ3) is 18.8. The largest absolute Gasteiger partial charge is 0.491 e. The lowest BCUT2D eigenvalue weighted by atomic mass is 9.91. The van der Waals surface area contributed by atoms with Gasteiger partial charge in [0.05, 0.1) is 30.2 Å². The van der Waals surface area contributed by atoms with E-state index in [4.69, 9.17) is 19.2 Å². The molecule has 1 aromatic carbocycles. The SMILES string of the molecule is CCCCCCCCCCCCOC1=C(OCCCCCCCCCCCC)C(OCCCCCCCCCCCC)C=c2cc(C#N)c3c(c21)C=CC(C)N=3. The summed E-state index contributed by atoms with van der Waals surface area (Å²) in [6, 6.07) is 4.48. The van der Waals surface area contributed by atoms with E-state index in [9.17, 15) is 5.26 Å². The standard InChI is InChI=1S/C51H84N2O3/c1-5-8-11-14-17-20-23-26-29-32-37-54-47-41-44-40-45(42-52)49-46(36-35-43(4)53-49)48(44)51(56-39-34-31-28-25-22-19-16-13-10-7-3)50(47)55-38-33-30-27-24-21-18-15-12-9-6-2/h35-36,40-41,43,47H,5-34,37-39H2,1-4H3. The van der Waals surface area contributed by atoms with E-state index in [0.717, 1.165) is 52.5 Å². The molecule has 5 nitrogen and oxygen atoms in total. The summed E-state index contributed by atoms with van der Waals surface area (Å²) >= 11 is 0. The average molecular weight is 773 g/mol. The zero-order chi connectivity index (χ0) is 39.9. The minimum atomic E-state index is -0.333. The first-order valence-corrected chi connectivity index (χ1v) is 24.1. The van der Waals surface area contributed by atoms with Crippen molar-refractivity contribution in [2.75, 3.05) is 19.8 Å². The predicted octanol–water partition coefficient (Wildman–Crippen LogP) is 14.2. The summed E-state index contributed by atoms with van der Waals surface area (Å²) in [4.78, 5) is 4.93. The molecule has 0 N–H and O–H groups in total. The van der Waals surface area contributed by atoms with Crippen molar-refractivity contribution in [2.24, 2.45) is 4.99 Å². The summed E-state index contributed by atoms with van der Waals surface area (Å²) < 4.78 is 20.3. The third-order valence-corrected chi connectivity index (χ3v) is 11.7. The molecule has 1 aromatic rings. The van der Waals surface area contributed by atoms with Gasteiger partial charge in [-0.05, 0) is 43.5 Å². The molecule has 2 atom stereocenters. The van der Waals surface area contributed by atoms with Crippen LogP contribution < -0.4 is 10.6 Å². The van der Waals surface area contributed by atoms with Crippen molar-refractivity contribution in [1.82, 2.24) is 0 Å². The van der Waals surface area contributed by atoms with Crippen molar-refractivity contribution in [3.63, 3.8) is 0 Å². The number of benzene rings is 1. The maximum atomic E-state index is 10.2. The van der Waals surface area contributed by atoms with Crippen molar-refractivity contribution in [3.05, 3.63) is 45.2 Å². The molecule has 1 aliphatic carbocycles. The Balaban J connectivity index is 1.71. The zero-order valence-corrected chi connectivity index (χ0v) is 36.9. The van der Waals surface area contributed by atoms with Crippen LogP contribution in [-0.4, -0.2) is 32.0 Å². The van der Waals surface area contributed by atoms with Gasteiger partial charge in [0, 0.05) is 17.7 Å². The molecule has 316 valence electrons. The number of nitrogens with zero attached hydrogens (tertiary/aromatic N) is 2. The Morgan fingerprint density at radius 1 is 0.571 bits per heavy atom. The summed E-state index contributed by atoms with van der Waals surface area (Å²) in [5.41, 5.74) is 2.60. The molecule has 2 aliphatic rings. The third-order valence-electron chi connectivity index (χ3n) is 11.7. The van der Waals surface area contributed by atoms with Crippen LogP contribution in [0.25, 0.3) is 17.9 Å². The Bertz CT molecular complexity index is 1410. The van der Waals surface area contributed by atoms with Crippen molar-refractivity contribution in [1.29, 1.82) is 5.26 Å². The van der Waals surface area contributed by atoms with Crippen LogP contribution in [0.2, 0.25) is 0 Å². The lowest BCUT2D eigenvalue weighted by Gasteiger charge is -2.28. The molecule has 0 saturated heterocycles. The molecule has 1 aliphatic heterocycles. The van der Waals surface area contributed by atoms with Gasteiger partial charge in [-0.2, -0.15) is 5.26 Å². The van der Waals surface area contributed by atoms with Crippen LogP contribution in [0.1, 0.15) is 237 Å². The molecule has 0 aromatic heterocycles. The van der Waals surface area contributed by atoms with Crippen LogP contribution in [0.15, 0.2) is 22.9 Å². The monoisotopic (exact) mass is 773 g/mol. The highest BCUT2D eigenvalue weighted by atomic mass is 16.6. The highest BCUT2D eigenvalue weighted by molar-refractivity contribution is 5.78. The molecule has 0 amide bonds. The molecule has 0 fully saturated rings. The molecule has 5 heteroatoms. The number of hydrogen-bond donors (Lipinski definition) is 0. The number of hydrogen-bond acceptors (Lipinski definition) is 5. The van der Waals surface area contributed by atoms with E-state index >= 15 is 0 Å². The Morgan fingerprint density at radius 2 is 1.00 bits per heavy atom. The first-order chi connectivity index (χ1) is 27.6. The lowest BCUT2D eigenvalue weighted by molar-refractivity contribution is 0.0550. The summed E-state index contributed by atoms with van der Waals surface area (Å²) in [6.45, 7) is 10.9.